The second-order valence-electron chi connectivity index (χ2n) is 7.97. The van der Waals surface area contributed by atoms with Crippen LogP contribution in [0.4, 0.5) is 16.0 Å². The van der Waals surface area contributed by atoms with Crippen molar-refractivity contribution in [2.45, 2.75) is 26.3 Å². The number of hydrogen-bond donors (Lipinski definition) is 1. The van der Waals surface area contributed by atoms with E-state index in [1.807, 2.05) is 30.3 Å². The van der Waals surface area contributed by atoms with Crippen LogP contribution in [0.3, 0.4) is 0 Å². The van der Waals surface area contributed by atoms with Crippen LogP contribution in [0.1, 0.15) is 35.6 Å². The van der Waals surface area contributed by atoms with Gasteiger partial charge in [-0.3, -0.25) is 4.99 Å². The molecule has 1 aliphatic heterocycles. The Balaban J connectivity index is 1.55. The third-order valence-corrected chi connectivity index (χ3v) is 5.88. The van der Waals surface area contributed by atoms with Gasteiger partial charge in [0.15, 0.2) is 0 Å². The summed E-state index contributed by atoms with van der Waals surface area (Å²) in [6.45, 7) is 2.51. The molecule has 164 valence electrons. The molecule has 1 aromatic heterocycles. The molecule has 0 radical (unpaired) electrons. The molecule has 4 nitrogen and oxygen atoms in total. The minimum Gasteiger partial charge on any atom is -0.324 e. The highest BCUT2D eigenvalue weighted by Crippen LogP contribution is 2.34. The van der Waals surface area contributed by atoms with E-state index in [9.17, 15) is 4.39 Å². The number of rotatable bonds is 5. The lowest BCUT2D eigenvalue weighted by atomic mass is 9.95. The number of nitrogens with zero attached hydrogens (tertiary/aromatic N) is 3. The van der Waals surface area contributed by atoms with E-state index in [2.05, 4.69) is 29.4 Å². The monoisotopic (exact) mass is 456 g/mol. The van der Waals surface area contributed by atoms with Gasteiger partial charge in [-0.15, -0.1) is 0 Å². The van der Waals surface area contributed by atoms with Crippen LogP contribution in [0.15, 0.2) is 77.9 Å². The highest BCUT2D eigenvalue weighted by molar-refractivity contribution is 6.31. The quantitative estimate of drug-likeness (QED) is 0.352. The Morgan fingerprint density at radius 3 is 2.58 bits per heavy atom. The minimum absolute atomic E-state index is 0.326. The van der Waals surface area contributed by atoms with Crippen molar-refractivity contribution < 1.29 is 4.39 Å². The molecule has 1 N–H and O–H groups in total. The molecular weight excluding hydrogens is 435 g/mol. The van der Waals surface area contributed by atoms with Gasteiger partial charge < -0.3 is 5.32 Å². The Morgan fingerprint density at radius 2 is 1.79 bits per heavy atom. The van der Waals surface area contributed by atoms with Crippen molar-refractivity contribution in [2.24, 2.45) is 4.99 Å². The maximum atomic E-state index is 14.7. The van der Waals surface area contributed by atoms with Crippen molar-refractivity contribution in [2.75, 3.05) is 5.32 Å². The zero-order valence-electron chi connectivity index (χ0n) is 18.1. The largest absolute Gasteiger partial charge is 0.324 e. The van der Waals surface area contributed by atoms with Crippen LogP contribution < -0.4 is 5.32 Å². The molecule has 0 saturated heterocycles. The Bertz CT molecular complexity index is 1350. The lowest BCUT2D eigenvalue weighted by Crippen LogP contribution is -2.07. The van der Waals surface area contributed by atoms with Crippen molar-refractivity contribution in [1.29, 1.82) is 0 Å². The average Bonchev–Trinajstić information content (AvgIpc) is 2.97. The summed E-state index contributed by atoms with van der Waals surface area (Å²) < 4.78 is 14.7. The van der Waals surface area contributed by atoms with Crippen molar-refractivity contribution in [3.05, 3.63) is 106 Å². The van der Waals surface area contributed by atoms with Gasteiger partial charge in [-0.25, -0.2) is 14.4 Å². The van der Waals surface area contributed by atoms with Gasteiger partial charge in [-0.05, 0) is 48.4 Å². The highest BCUT2D eigenvalue weighted by atomic mass is 35.5. The third kappa shape index (κ3) is 4.37. The van der Waals surface area contributed by atoms with E-state index in [0.717, 1.165) is 40.9 Å². The zero-order chi connectivity index (χ0) is 22.8. The van der Waals surface area contributed by atoms with E-state index in [4.69, 9.17) is 21.6 Å². The fourth-order valence-corrected chi connectivity index (χ4v) is 4.21. The fraction of sp³-hybridized carbons (Fsp3) is 0.148. The Hall–Kier alpha value is -3.57. The molecular formula is C27H22ClFN4. The SMILES string of the molecule is CCCc1ccc(Nc2ncc3c(n2)-c2ccc(Cl)cc2C(c2ccccc2F)=NC3)cc1. The van der Waals surface area contributed by atoms with Crippen molar-refractivity contribution in [1.82, 2.24) is 9.97 Å². The molecule has 2 heterocycles. The summed E-state index contributed by atoms with van der Waals surface area (Å²) in [5.74, 6) is 0.167. The van der Waals surface area contributed by atoms with E-state index >= 15 is 0 Å². The topological polar surface area (TPSA) is 50.2 Å². The predicted molar refractivity (Wildman–Crippen MR) is 132 cm³/mol. The van der Waals surface area contributed by atoms with Gasteiger partial charge in [0.1, 0.15) is 5.82 Å². The molecule has 0 unspecified atom stereocenters. The second kappa shape index (κ2) is 9.12. The summed E-state index contributed by atoms with van der Waals surface area (Å²) in [5.41, 5.74) is 6.44. The lowest BCUT2D eigenvalue weighted by Gasteiger charge is -2.13. The Labute approximate surface area is 197 Å². The zero-order valence-corrected chi connectivity index (χ0v) is 18.9. The van der Waals surface area contributed by atoms with Crippen LogP contribution in [0.5, 0.6) is 0 Å². The van der Waals surface area contributed by atoms with Gasteiger partial charge in [0.05, 0.1) is 18.0 Å². The van der Waals surface area contributed by atoms with E-state index in [-0.39, 0.29) is 5.82 Å². The molecule has 33 heavy (non-hydrogen) atoms. The van der Waals surface area contributed by atoms with E-state index in [0.29, 0.717) is 28.8 Å². The third-order valence-electron chi connectivity index (χ3n) is 5.64. The number of halogens is 2. The average molecular weight is 457 g/mol. The molecule has 0 amide bonds. The molecule has 0 saturated carbocycles. The first-order valence-electron chi connectivity index (χ1n) is 10.9. The van der Waals surface area contributed by atoms with Crippen molar-refractivity contribution in [3.63, 3.8) is 0 Å². The van der Waals surface area contributed by atoms with Gasteiger partial charge in [-0.2, -0.15) is 0 Å². The first-order valence-corrected chi connectivity index (χ1v) is 11.3. The van der Waals surface area contributed by atoms with Gasteiger partial charge >= 0.3 is 0 Å². The Morgan fingerprint density at radius 1 is 0.970 bits per heavy atom. The van der Waals surface area contributed by atoms with Crippen molar-refractivity contribution >= 4 is 28.9 Å². The van der Waals surface area contributed by atoms with E-state index < -0.39 is 0 Å². The minimum atomic E-state index is -0.326. The number of nitrogens with one attached hydrogen (secondary N) is 1. The number of aliphatic imine (C=N–C) groups is 1. The molecule has 5 rings (SSSR count). The molecule has 0 bridgehead atoms. The molecule has 0 atom stereocenters. The Kier molecular flexibility index (Phi) is 5.88. The molecule has 0 spiro atoms. The summed E-state index contributed by atoms with van der Waals surface area (Å²) in [5, 5.41) is 3.85. The van der Waals surface area contributed by atoms with E-state index in [1.165, 1.54) is 11.6 Å². The van der Waals surface area contributed by atoms with Crippen LogP contribution in [0, 0.1) is 5.82 Å². The number of benzene rings is 3. The normalized spacial score (nSPS) is 12.4. The summed E-state index contributed by atoms with van der Waals surface area (Å²) in [4.78, 5) is 14.1. The molecule has 6 heteroatoms. The number of hydrogen-bond acceptors (Lipinski definition) is 4. The van der Waals surface area contributed by atoms with Crippen LogP contribution >= 0.6 is 11.6 Å². The van der Waals surface area contributed by atoms with Crippen LogP contribution in [0.2, 0.25) is 5.02 Å². The molecule has 1 aliphatic rings. The maximum absolute atomic E-state index is 14.7. The second-order valence-corrected chi connectivity index (χ2v) is 8.41. The number of aryl methyl sites for hydroxylation is 1. The predicted octanol–water partition coefficient (Wildman–Crippen LogP) is 6.98. The standard InChI is InChI=1S/C27H22ClFN4/c1-2-5-17-8-11-20(12-9-17)32-27-31-16-18-15-30-26(22-6-3-4-7-24(22)29)23-14-19(28)10-13-21(23)25(18)33-27/h3-4,6-14,16H,2,5,15H2,1H3,(H,31,32,33). The van der Waals surface area contributed by atoms with Crippen LogP contribution in [0.25, 0.3) is 11.3 Å². The summed E-state index contributed by atoms with van der Waals surface area (Å²) >= 11 is 6.33. The van der Waals surface area contributed by atoms with E-state index in [1.54, 1.807) is 24.4 Å². The summed E-state index contributed by atoms with van der Waals surface area (Å²) in [6.07, 6.45) is 3.95. The summed E-state index contributed by atoms with van der Waals surface area (Å²) in [7, 11) is 0. The van der Waals surface area contributed by atoms with Crippen molar-refractivity contribution in [3.8, 4) is 11.3 Å². The van der Waals surface area contributed by atoms with Gasteiger partial charge in [0, 0.05) is 39.2 Å². The maximum Gasteiger partial charge on any atom is 0.227 e. The van der Waals surface area contributed by atoms with Crippen LogP contribution in [-0.4, -0.2) is 15.7 Å². The first kappa shape index (κ1) is 21.3. The van der Waals surface area contributed by atoms with Crippen LogP contribution in [-0.2, 0) is 13.0 Å². The number of fused-ring (bicyclic) bond motifs is 3. The van der Waals surface area contributed by atoms with Gasteiger partial charge in [0.2, 0.25) is 5.95 Å². The fourth-order valence-electron chi connectivity index (χ4n) is 4.04. The highest BCUT2D eigenvalue weighted by Gasteiger charge is 2.23. The smallest absolute Gasteiger partial charge is 0.227 e. The van der Waals surface area contributed by atoms with Gasteiger partial charge in [0.25, 0.3) is 0 Å². The van der Waals surface area contributed by atoms with Gasteiger partial charge in [-0.1, -0.05) is 55.3 Å². The molecule has 0 fully saturated rings. The first-order chi connectivity index (χ1) is 16.1. The molecule has 3 aromatic carbocycles. The molecule has 0 aliphatic carbocycles. The summed E-state index contributed by atoms with van der Waals surface area (Å²) in [6, 6.07) is 20.5. The lowest BCUT2D eigenvalue weighted by molar-refractivity contribution is 0.625. The number of aromatic nitrogens is 2. The molecule has 4 aromatic rings. The number of anilines is 2.